The highest BCUT2D eigenvalue weighted by molar-refractivity contribution is 6.31. The maximum atomic E-state index is 14.0. The minimum Gasteiger partial charge on any atom is -0.497 e. The average molecular weight is 425 g/mol. The maximum Gasteiger partial charge on any atom is 0.231 e. The van der Waals surface area contributed by atoms with E-state index >= 15 is 0 Å². The van der Waals surface area contributed by atoms with Crippen LogP contribution in [0.4, 0.5) is 4.39 Å². The number of allylic oxidation sites excluding steroid dienone is 1. The summed E-state index contributed by atoms with van der Waals surface area (Å²) in [7, 11) is 1.58. The van der Waals surface area contributed by atoms with Crippen molar-refractivity contribution >= 4 is 23.5 Å². The van der Waals surface area contributed by atoms with Crippen LogP contribution in [0.25, 0.3) is 6.08 Å². The van der Waals surface area contributed by atoms with Crippen molar-refractivity contribution in [2.24, 2.45) is 0 Å². The molecular weight excluding hydrogens is 407 g/mol. The summed E-state index contributed by atoms with van der Waals surface area (Å²) < 4.78 is 30.8. The van der Waals surface area contributed by atoms with E-state index in [4.69, 9.17) is 25.8 Å². The first-order chi connectivity index (χ1) is 14.5. The Bertz CT molecular complexity index is 1150. The molecule has 4 nitrogen and oxygen atoms in total. The Morgan fingerprint density at radius 2 is 1.93 bits per heavy atom. The quantitative estimate of drug-likeness (QED) is 0.472. The number of halogens is 2. The number of carbonyl (C=O) groups is 1. The second-order valence-corrected chi connectivity index (χ2v) is 7.18. The van der Waals surface area contributed by atoms with Crippen LogP contribution in [-0.4, -0.2) is 12.9 Å². The van der Waals surface area contributed by atoms with E-state index in [1.54, 1.807) is 38.3 Å². The molecule has 3 aromatic carbocycles. The molecule has 1 aliphatic heterocycles. The lowest BCUT2D eigenvalue weighted by Crippen LogP contribution is -2.01. The third kappa shape index (κ3) is 3.76. The van der Waals surface area contributed by atoms with E-state index in [0.717, 1.165) is 5.56 Å². The van der Waals surface area contributed by atoms with Crippen molar-refractivity contribution in [2.75, 3.05) is 7.11 Å². The van der Waals surface area contributed by atoms with Crippen molar-refractivity contribution in [3.05, 3.63) is 93.5 Å². The second-order valence-electron chi connectivity index (χ2n) is 6.77. The Morgan fingerprint density at radius 3 is 2.70 bits per heavy atom. The molecule has 0 bridgehead atoms. The molecule has 0 aromatic heterocycles. The monoisotopic (exact) mass is 424 g/mol. The SMILES string of the molecule is COc1cccc(/C=C2\Oc3c(ccc(OCc4c(F)cccc4Cl)c3C)C2=O)c1. The van der Waals surface area contributed by atoms with Gasteiger partial charge in [0.15, 0.2) is 5.76 Å². The average Bonchev–Trinajstić information content (AvgIpc) is 3.05. The zero-order valence-corrected chi connectivity index (χ0v) is 17.1. The van der Waals surface area contributed by atoms with Gasteiger partial charge in [-0.2, -0.15) is 0 Å². The Balaban J connectivity index is 1.59. The van der Waals surface area contributed by atoms with E-state index in [-0.39, 0.29) is 23.7 Å². The van der Waals surface area contributed by atoms with Crippen molar-refractivity contribution in [3.63, 3.8) is 0 Å². The fraction of sp³-hybridized carbons (Fsp3) is 0.125. The molecule has 0 radical (unpaired) electrons. The number of ether oxygens (including phenoxy) is 3. The zero-order valence-electron chi connectivity index (χ0n) is 16.4. The van der Waals surface area contributed by atoms with Crippen molar-refractivity contribution in [3.8, 4) is 17.2 Å². The van der Waals surface area contributed by atoms with Gasteiger partial charge in [0.2, 0.25) is 5.78 Å². The highest BCUT2D eigenvalue weighted by atomic mass is 35.5. The lowest BCUT2D eigenvalue weighted by atomic mass is 10.1. The van der Waals surface area contributed by atoms with Crippen LogP contribution in [-0.2, 0) is 6.61 Å². The van der Waals surface area contributed by atoms with E-state index in [0.29, 0.717) is 33.4 Å². The number of Topliss-reactive ketones (excluding diaryl/α,β-unsaturated/α-hetero) is 1. The summed E-state index contributed by atoms with van der Waals surface area (Å²) in [6.45, 7) is 1.75. The van der Waals surface area contributed by atoms with E-state index in [1.807, 2.05) is 24.3 Å². The molecule has 0 fully saturated rings. The molecule has 0 amide bonds. The molecule has 0 unspecified atom stereocenters. The third-order valence-corrected chi connectivity index (χ3v) is 5.22. The molecule has 152 valence electrons. The standard InChI is InChI=1S/C24H18ClFO4/c1-14-21(29-13-18-19(25)7-4-8-20(18)26)10-9-17-23(27)22(30-24(14)17)12-15-5-3-6-16(11-15)28-2/h3-12H,13H2,1-2H3/b22-12-. The molecule has 4 rings (SSSR count). The van der Waals surface area contributed by atoms with Gasteiger partial charge < -0.3 is 14.2 Å². The van der Waals surface area contributed by atoms with E-state index in [9.17, 15) is 9.18 Å². The summed E-state index contributed by atoms with van der Waals surface area (Å²) in [6.07, 6.45) is 1.67. The van der Waals surface area contributed by atoms with Gasteiger partial charge in [-0.05, 0) is 55.0 Å². The number of benzene rings is 3. The van der Waals surface area contributed by atoms with Gasteiger partial charge in [0, 0.05) is 11.1 Å². The van der Waals surface area contributed by atoms with Gasteiger partial charge >= 0.3 is 0 Å². The summed E-state index contributed by atoms with van der Waals surface area (Å²) in [4.78, 5) is 12.8. The molecule has 6 heteroatoms. The number of carbonyl (C=O) groups excluding carboxylic acids is 1. The summed E-state index contributed by atoms with van der Waals surface area (Å²) in [5, 5.41) is 0.295. The molecular formula is C24H18ClFO4. The highest BCUT2D eigenvalue weighted by Crippen LogP contribution is 2.39. The summed E-state index contributed by atoms with van der Waals surface area (Å²) in [5.41, 5.74) is 2.17. The number of rotatable bonds is 5. The molecule has 30 heavy (non-hydrogen) atoms. The van der Waals surface area contributed by atoms with Crippen molar-refractivity contribution in [1.29, 1.82) is 0 Å². The normalized spacial score (nSPS) is 13.9. The number of methoxy groups -OCH3 is 1. The number of fused-ring (bicyclic) bond motifs is 1. The molecule has 0 spiro atoms. The Hall–Kier alpha value is -3.31. The number of hydrogen-bond acceptors (Lipinski definition) is 4. The fourth-order valence-corrected chi connectivity index (χ4v) is 3.44. The second kappa shape index (κ2) is 8.20. The first-order valence-electron chi connectivity index (χ1n) is 9.25. The van der Waals surface area contributed by atoms with Gasteiger partial charge in [0.05, 0.1) is 17.7 Å². The summed E-state index contributed by atoms with van der Waals surface area (Å²) >= 11 is 6.06. The maximum absolute atomic E-state index is 14.0. The van der Waals surface area contributed by atoms with Gasteiger partial charge in [-0.15, -0.1) is 0 Å². The minimum absolute atomic E-state index is 0.0361. The molecule has 0 atom stereocenters. The topological polar surface area (TPSA) is 44.8 Å². The van der Waals surface area contributed by atoms with Gasteiger partial charge in [-0.1, -0.05) is 29.8 Å². The largest absolute Gasteiger partial charge is 0.497 e. The van der Waals surface area contributed by atoms with Crippen molar-refractivity contribution < 1.29 is 23.4 Å². The molecule has 0 N–H and O–H groups in total. The van der Waals surface area contributed by atoms with Crippen LogP contribution in [0.5, 0.6) is 17.2 Å². The molecule has 0 aliphatic carbocycles. The molecule has 1 heterocycles. The van der Waals surface area contributed by atoms with Gasteiger partial charge in [0.25, 0.3) is 0 Å². The smallest absolute Gasteiger partial charge is 0.231 e. The predicted octanol–water partition coefficient (Wildman–Crippen LogP) is 5.99. The van der Waals surface area contributed by atoms with Gasteiger partial charge in [-0.3, -0.25) is 4.79 Å². The number of ketones is 1. The van der Waals surface area contributed by atoms with Crippen LogP contribution in [0.1, 0.15) is 27.0 Å². The first-order valence-corrected chi connectivity index (χ1v) is 9.63. The van der Waals surface area contributed by atoms with E-state index < -0.39 is 5.82 Å². The van der Waals surface area contributed by atoms with Crippen LogP contribution in [0.3, 0.4) is 0 Å². The van der Waals surface area contributed by atoms with E-state index in [2.05, 4.69) is 0 Å². The predicted molar refractivity (Wildman–Crippen MR) is 113 cm³/mol. The van der Waals surface area contributed by atoms with Crippen LogP contribution >= 0.6 is 11.6 Å². The van der Waals surface area contributed by atoms with E-state index in [1.165, 1.54) is 12.1 Å². The fourth-order valence-electron chi connectivity index (χ4n) is 3.23. The highest BCUT2D eigenvalue weighted by Gasteiger charge is 2.30. The molecule has 0 saturated heterocycles. The number of hydrogen-bond donors (Lipinski definition) is 0. The Morgan fingerprint density at radius 1 is 1.13 bits per heavy atom. The van der Waals surface area contributed by atoms with Crippen molar-refractivity contribution in [2.45, 2.75) is 13.5 Å². The lowest BCUT2D eigenvalue weighted by molar-refractivity contribution is 0.101. The minimum atomic E-state index is -0.434. The molecule has 0 saturated carbocycles. The summed E-state index contributed by atoms with van der Waals surface area (Å²) in [5.74, 6) is 1.19. The molecule has 1 aliphatic rings. The first kappa shape index (κ1) is 20.0. The lowest BCUT2D eigenvalue weighted by Gasteiger charge is -2.12. The van der Waals surface area contributed by atoms with Crippen molar-refractivity contribution in [1.82, 2.24) is 0 Å². The zero-order chi connectivity index (χ0) is 21.3. The van der Waals surface area contributed by atoms with Gasteiger partial charge in [0.1, 0.15) is 29.7 Å². The third-order valence-electron chi connectivity index (χ3n) is 4.86. The van der Waals surface area contributed by atoms with Crippen LogP contribution in [0, 0.1) is 12.7 Å². The Kier molecular flexibility index (Phi) is 5.46. The van der Waals surface area contributed by atoms with Gasteiger partial charge in [-0.25, -0.2) is 4.39 Å². The van der Waals surface area contributed by atoms with Crippen LogP contribution in [0.2, 0.25) is 5.02 Å². The molecule has 3 aromatic rings. The van der Waals surface area contributed by atoms with Crippen LogP contribution < -0.4 is 14.2 Å². The van der Waals surface area contributed by atoms with Crippen LogP contribution in [0.15, 0.2) is 60.4 Å². The summed E-state index contributed by atoms with van der Waals surface area (Å²) in [6, 6.07) is 15.1. The Labute approximate surface area is 178 Å².